The van der Waals surface area contributed by atoms with Gasteiger partial charge in [0.25, 0.3) is 0 Å². The highest BCUT2D eigenvalue weighted by Crippen LogP contribution is 2.29. The average molecular weight is 370 g/mol. The number of benzene rings is 1. The summed E-state index contributed by atoms with van der Waals surface area (Å²) in [5.74, 6) is 0.610. The lowest BCUT2D eigenvalue weighted by Crippen LogP contribution is -2.38. The maximum Gasteiger partial charge on any atom is 0.416 e. The van der Waals surface area contributed by atoms with Crippen LogP contribution in [0.25, 0.3) is 0 Å². The average Bonchev–Trinajstić information content (AvgIpc) is 2.89. The predicted molar refractivity (Wildman–Crippen MR) is 99.2 cm³/mol. The first-order chi connectivity index (χ1) is 12.5. The van der Waals surface area contributed by atoms with E-state index in [1.54, 1.807) is 13.1 Å². The van der Waals surface area contributed by atoms with Crippen molar-refractivity contribution in [3.8, 4) is 0 Å². The van der Waals surface area contributed by atoms with Crippen molar-refractivity contribution in [2.24, 2.45) is 4.99 Å². The van der Waals surface area contributed by atoms with Crippen LogP contribution in [0.5, 0.6) is 0 Å². The van der Waals surface area contributed by atoms with Crippen molar-refractivity contribution in [2.75, 3.05) is 33.2 Å². The van der Waals surface area contributed by atoms with Crippen molar-refractivity contribution >= 4 is 5.96 Å². The molecule has 1 aliphatic heterocycles. The highest BCUT2D eigenvalue weighted by Gasteiger charge is 2.30. The van der Waals surface area contributed by atoms with Gasteiger partial charge in [0.2, 0.25) is 0 Å². The maximum atomic E-state index is 12.8. The molecule has 4 nitrogen and oxygen atoms in total. The summed E-state index contributed by atoms with van der Waals surface area (Å²) in [4.78, 5) is 6.64. The predicted octanol–water partition coefficient (Wildman–Crippen LogP) is 3.64. The van der Waals surface area contributed by atoms with Gasteiger partial charge in [-0.05, 0) is 56.6 Å². The second kappa shape index (κ2) is 10.4. The molecule has 7 heteroatoms. The molecule has 0 spiro atoms. The molecule has 2 N–H and O–H groups in total. The fourth-order valence-electron chi connectivity index (χ4n) is 3.13. The van der Waals surface area contributed by atoms with Gasteiger partial charge in [-0.25, -0.2) is 0 Å². The Kier molecular flexibility index (Phi) is 8.22. The molecular weight excluding hydrogens is 341 g/mol. The molecule has 1 saturated heterocycles. The molecule has 0 atom stereocenters. The molecule has 2 rings (SSSR count). The van der Waals surface area contributed by atoms with Crippen molar-refractivity contribution in [1.82, 2.24) is 15.5 Å². The fourth-order valence-corrected chi connectivity index (χ4v) is 3.13. The molecule has 0 aromatic heterocycles. The minimum absolute atomic E-state index is 0.301. The van der Waals surface area contributed by atoms with Crippen molar-refractivity contribution in [2.45, 2.75) is 44.8 Å². The molecule has 0 radical (unpaired) electrons. The van der Waals surface area contributed by atoms with Gasteiger partial charge in [-0.2, -0.15) is 13.2 Å². The minimum atomic E-state index is -4.32. The topological polar surface area (TPSA) is 39.7 Å². The lowest BCUT2D eigenvalue weighted by Gasteiger charge is -2.20. The maximum absolute atomic E-state index is 12.8. The van der Waals surface area contributed by atoms with E-state index in [1.807, 2.05) is 0 Å². The molecule has 0 unspecified atom stereocenters. The first kappa shape index (κ1) is 20.6. The zero-order chi connectivity index (χ0) is 18.8. The highest BCUT2D eigenvalue weighted by molar-refractivity contribution is 5.79. The third kappa shape index (κ3) is 7.23. The number of alkyl halides is 3. The lowest BCUT2D eigenvalue weighted by molar-refractivity contribution is -0.137. The van der Waals surface area contributed by atoms with Gasteiger partial charge in [0.15, 0.2) is 5.96 Å². The Hall–Kier alpha value is -1.76. The monoisotopic (exact) mass is 370 g/mol. The van der Waals surface area contributed by atoms with E-state index in [4.69, 9.17) is 0 Å². The first-order valence-corrected chi connectivity index (χ1v) is 9.32. The highest BCUT2D eigenvalue weighted by atomic mass is 19.4. The Bertz CT molecular complexity index is 564. The standard InChI is InChI=1S/C19H29F3N4/c1-23-18(24-10-7-13-26-11-4-2-3-5-12-26)25-15-16-8-6-9-17(14-16)19(20,21)22/h6,8-9,14H,2-5,7,10-13,15H2,1H3,(H2,23,24,25). The number of likely N-dealkylation sites (tertiary alicyclic amines) is 1. The van der Waals surface area contributed by atoms with Gasteiger partial charge >= 0.3 is 6.18 Å². The summed E-state index contributed by atoms with van der Waals surface area (Å²) in [7, 11) is 1.66. The molecule has 1 aliphatic rings. The van der Waals surface area contributed by atoms with Gasteiger partial charge < -0.3 is 15.5 Å². The van der Waals surface area contributed by atoms with Gasteiger partial charge in [0.05, 0.1) is 5.56 Å². The number of rotatable bonds is 6. The Balaban J connectivity index is 1.71. The van der Waals surface area contributed by atoms with Gasteiger partial charge in [-0.1, -0.05) is 25.0 Å². The normalized spacial score (nSPS) is 17.0. The lowest BCUT2D eigenvalue weighted by atomic mass is 10.1. The number of aliphatic imine (C=N–C) groups is 1. The molecule has 1 aromatic carbocycles. The minimum Gasteiger partial charge on any atom is -0.356 e. The Morgan fingerprint density at radius 1 is 1.12 bits per heavy atom. The van der Waals surface area contributed by atoms with Crippen molar-refractivity contribution < 1.29 is 13.2 Å². The quantitative estimate of drug-likeness (QED) is 0.456. The van der Waals surface area contributed by atoms with E-state index in [0.717, 1.165) is 25.6 Å². The van der Waals surface area contributed by atoms with Crippen LogP contribution in [-0.4, -0.2) is 44.1 Å². The summed E-state index contributed by atoms with van der Waals surface area (Å²) >= 11 is 0. The van der Waals surface area contributed by atoms with E-state index in [2.05, 4.69) is 20.5 Å². The van der Waals surface area contributed by atoms with E-state index in [-0.39, 0.29) is 0 Å². The van der Waals surface area contributed by atoms with Gasteiger partial charge in [-0.3, -0.25) is 4.99 Å². The molecule has 0 amide bonds. The summed E-state index contributed by atoms with van der Waals surface area (Å²) in [6.45, 7) is 4.52. The van der Waals surface area contributed by atoms with E-state index in [9.17, 15) is 13.2 Å². The van der Waals surface area contributed by atoms with Gasteiger partial charge in [0.1, 0.15) is 0 Å². The van der Waals surface area contributed by atoms with Crippen LogP contribution in [0.2, 0.25) is 0 Å². The SMILES string of the molecule is CN=C(NCCCN1CCCCCC1)NCc1cccc(C(F)(F)F)c1. The van der Waals surface area contributed by atoms with Crippen LogP contribution in [0, 0.1) is 0 Å². The third-order valence-electron chi connectivity index (χ3n) is 4.58. The number of guanidine groups is 1. The number of nitrogens with zero attached hydrogens (tertiary/aromatic N) is 2. The summed E-state index contributed by atoms with van der Waals surface area (Å²) < 4.78 is 38.3. The molecule has 1 aromatic rings. The van der Waals surface area contributed by atoms with Crippen molar-refractivity contribution in [3.63, 3.8) is 0 Å². The fraction of sp³-hybridized carbons (Fsp3) is 0.632. The van der Waals surface area contributed by atoms with Gasteiger partial charge in [-0.15, -0.1) is 0 Å². The summed E-state index contributed by atoms with van der Waals surface area (Å²) in [6, 6.07) is 5.35. The van der Waals surface area contributed by atoms with Crippen molar-refractivity contribution in [3.05, 3.63) is 35.4 Å². The zero-order valence-corrected chi connectivity index (χ0v) is 15.4. The van der Waals surface area contributed by atoms with Crippen LogP contribution in [0.15, 0.2) is 29.3 Å². The largest absolute Gasteiger partial charge is 0.416 e. The number of hydrogen-bond donors (Lipinski definition) is 2. The number of halogens is 3. The van der Waals surface area contributed by atoms with Crippen LogP contribution < -0.4 is 10.6 Å². The van der Waals surface area contributed by atoms with E-state index in [0.29, 0.717) is 18.1 Å². The number of hydrogen-bond acceptors (Lipinski definition) is 2. The van der Waals surface area contributed by atoms with E-state index >= 15 is 0 Å². The summed E-state index contributed by atoms with van der Waals surface area (Å²) in [5, 5.41) is 6.30. The molecule has 0 saturated carbocycles. The first-order valence-electron chi connectivity index (χ1n) is 9.32. The second-order valence-corrected chi connectivity index (χ2v) is 6.66. The van der Waals surface area contributed by atoms with E-state index < -0.39 is 11.7 Å². The zero-order valence-electron chi connectivity index (χ0n) is 15.4. The Morgan fingerprint density at radius 3 is 2.50 bits per heavy atom. The van der Waals surface area contributed by atoms with Gasteiger partial charge in [0, 0.05) is 20.1 Å². The molecule has 1 heterocycles. The molecule has 0 aliphatic carbocycles. The van der Waals surface area contributed by atoms with Crippen LogP contribution in [0.1, 0.15) is 43.2 Å². The summed E-state index contributed by atoms with van der Waals surface area (Å²) in [6.07, 6.45) is 1.94. The number of nitrogens with one attached hydrogen (secondary N) is 2. The van der Waals surface area contributed by atoms with Crippen LogP contribution in [0.3, 0.4) is 0 Å². The van der Waals surface area contributed by atoms with E-state index in [1.165, 1.54) is 50.9 Å². The van der Waals surface area contributed by atoms with Crippen molar-refractivity contribution in [1.29, 1.82) is 0 Å². The molecule has 26 heavy (non-hydrogen) atoms. The van der Waals surface area contributed by atoms with Crippen LogP contribution in [0.4, 0.5) is 13.2 Å². The summed E-state index contributed by atoms with van der Waals surface area (Å²) in [5.41, 5.74) is -0.0514. The Morgan fingerprint density at radius 2 is 1.85 bits per heavy atom. The molecule has 0 bridgehead atoms. The Labute approximate surface area is 153 Å². The third-order valence-corrected chi connectivity index (χ3v) is 4.58. The molecule has 146 valence electrons. The molecular formula is C19H29F3N4. The van der Waals surface area contributed by atoms with Crippen LogP contribution in [-0.2, 0) is 12.7 Å². The molecule has 1 fully saturated rings. The second-order valence-electron chi connectivity index (χ2n) is 6.66. The smallest absolute Gasteiger partial charge is 0.356 e. The van der Waals surface area contributed by atoms with Crippen LogP contribution >= 0.6 is 0 Å².